The quantitative estimate of drug-likeness (QED) is 0.504. The molecule has 0 amide bonds. The highest BCUT2D eigenvalue weighted by Crippen LogP contribution is 2.32. The second-order valence-corrected chi connectivity index (χ2v) is 3.42. The number of terminal acetylenes is 1. The minimum Gasteiger partial charge on any atom is -0.342 e. The molecule has 1 aromatic rings. The van der Waals surface area contributed by atoms with Crippen molar-refractivity contribution >= 4 is 5.78 Å². The number of carbonyl (C=O) groups excluding carboxylic acids is 1. The summed E-state index contributed by atoms with van der Waals surface area (Å²) in [4.78, 5) is 11.6. The molecule has 0 radical (unpaired) electrons. The highest BCUT2D eigenvalue weighted by molar-refractivity contribution is 5.99. The van der Waals surface area contributed by atoms with Crippen molar-refractivity contribution in [3.8, 4) is 12.3 Å². The molecule has 0 aromatic carbocycles. The summed E-state index contributed by atoms with van der Waals surface area (Å²) in [6.07, 6.45) is 11.0. The topological polar surface area (TPSA) is 22.0 Å². The molecular formula is C11H11NO. The van der Waals surface area contributed by atoms with Crippen LogP contribution in [0.25, 0.3) is 0 Å². The summed E-state index contributed by atoms with van der Waals surface area (Å²) in [5, 5.41) is 0. The van der Waals surface area contributed by atoms with E-state index < -0.39 is 0 Å². The van der Waals surface area contributed by atoms with Crippen molar-refractivity contribution in [3.05, 3.63) is 24.0 Å². The predicted molar refractivity (Wildman–Crippen MR) is 50.3 cm³/mol. The van der Waals surface area contributed by atoms with Gasteiger partial charge in [0.2, 0.25) is 0 Å². The van der Waals surface area contributed by atoms with Gasteiger partial charge in [-0.05, 0) is 18.9 Å². The maximum Gasteiger partial charge on any atom is 0.167 e. The number of rotatable bonds is 3. The Hall–Kier alpha value is -1.49. The molecular weight excluding hydrogens is 162 g/mol. The Morgan fingerprint density at radius 1 is 1.69 bits per heavy atom. The van der Waals surface area contributed by atoms with Crippen LogP contribution in [0.3, 0.4) is 0 Å². The van der Waals surface area contributed by atoms with E-state index in [0.29, 0.717) is 12.5 Å². The number of carbonyl (C=O) groups is 1. The fourth-order valence-corrected chi connectivity index (χ4v) is 1.37. The van der Waals surface area contributed by atoms with Crippen LogP contribution in [0.5, 0.6) is 0 Å². The van der Waals surface area contributed by atoms with Gasteiger partial charge in [0.15, 0.2) is 5.78 Å². The lowest BCUT2D eigenvalue weighted by molar-refractivity contribution is 0.0967. The molecule has 0 saturated heterocycles. The summed E-state index contributed by atoms with van der Waals surface area (Å²) in [5.74, 6) is 3.10. The van der Waals surface area contributed by atoms with Crippen LogP contribution in [0, 0.1) is 18.3 Å². The van der Waals surface area contributed by atoms with Gasteiger partial charge in [-0.15, -0.1) is 6.42 Å². The smallest absolute Gasteiger partial charge is 0.167 e. The lowest BCUT2D eigenvalue weighted by Gasteiger charge is -1.93. The summed E-state index contributed by atoms with van der Waals surface area (Å²) in [6.45, 7) is 0.540. The molecule has 2 rings (SSSR count). The van der Waals surface area contributed by atoms with Crippen LogP contribution in [0.4, 0.5) is 0 Å². The van der Waals surface area contributed by atoms with Crippen LogP contribution in [-0.4, -0.2) is 10.4 Å². The zero-order valence-electron chi connectivity index (χ0n) is 7.36. The monoisotopic (exact) mass is 173 g/mol. The number of ketones is 1. The maximum absolute atomic E-state index is 11.6. The Bertz CT molecular complexity index is 366. The molecule has 1 aromatic heterocycles. The van der Waals surface area contributed by atoms with Crippen molar-refractivity contribution in [1.29, 1.82) is 0 Å². The van der Waals surface area contributed by atoms with Gasteiger partial charge in [-0.3, -0.25) is 4.79 Å². The van der Waals surface area contributed by atoms with Gasteiger partial charge in [-0.25, -0.2) is 0 Å². The Kier molecular flexibility index (Phi) is 1.94. The Balaban J connectivity index is 2.12. The first kappa shape index (κ1) is 8.12. The molecule has 1 heterocycles. The van der Waals surface area contributed by atoms with Crippen LogP contribution >= 0.6 is 0 Å². The molecule has 1 saturated carbocycles. The first-order valence-electron chi connectivity index (χ1n) is 4.44. The van der Waals surface area contributed by atoms with E-state index in [2.05, 4.69) is 5.92 Å². The molecule has 1 aliphatic carbocycles. The molecule has 2 heteroatoms. The van der Waals surface area contributed by atoms with Crippen LogP contribution in [0.1, 0.15) is 23.2 Å². The lowest BCUT2D eigenvalue weighted by Crippen LogP contribution is -1.99. The van der Waals surface area contributed by atoms with Crippen molar-refractivity contribution in [2.75, 3.05) is 0 Å². The molecule has 0 spiro atoms. The van der Waals surface area contributed by atoms with Crippen molar-refractivity contribution in [3.63, 3.8) is 0 Å². The zero-order chi connectivity index (χ0) is 9.26. The molecule has 13 heavy (non-hydrogen) atoms. The van der Waals surface area contributed by atoms with Gasteiger partial charge < -0.3 is 4.57 Å². The minimum atomic E-state index is 0.274. The van der Waals surface area contributed by atoms with Gasteiger partial charge in [-0.1, -0.05) is 5.92 Å². The number of hydrogen-bond donors (Lipinski definition) is 0. The Morgan fingerprint density at radius 2 is 2.46 bits per heavy atom. The average Bonchev–Trinajstić information content (AvgIpc) is 2.87. The van der Waals surface area contributed by atoms with E-state index >= 15 is 0 Å². The van der Waals surface area contributed by atoms with Crippen molar-refractivity contribution < 1.29 is 4.79 Å². The van der Waals surface area contributed by atoms with E-state index in [9.17, 15) is 4.79 Å². The van der Waals surface area contributed by atoms with Gasteiger partial charge >= 0.3 is 0 Å². The third-order valence-corrected chi connectivity index (χ3v) is 2.26. The average molecular weight is 173 g/mol. The van der Waals surface area contributed by atoms with Gasteiger partial charge in [0.1, 0.15) is 0 Å². The molecule has 2 nitrogen and oxygen atoms in total. The number of nitrogens with zero attached hydrogens (tertiary/aromatic N) is 1. The van der Waals surface area contributed by atoms with Gasteiger partial charge in [0.25, 0.3) is 0 Å². The first-order valence-corrected chi connectivity index (χ1v) is 4.44. The summed E-state index contributed by atoms with van der Waals surface area (Å²) >= 11 is 0. The van der Waals surface area contributed by atoms with Crippen molar-refractivity contribution in [2.45, 2.75) is 19.4 Å². The van der Waals surface area contributed by atoms with E-state index in [1.165, 1.54) is 0 Å². The third kappa shape index (κ3) is 1.65. The first-order chi connectivity index (χ1) is 6.31. The summed E-state index contributed by atoms with van der Waals surface area (Å²) < 4.78 is 1.86. The van der Waals surface area contributed by atoms with Crippen LogP contribution in [-0.2, 0) is 6.54 Å². The fourth-order valence-electron chi connectivity index (χ4n) is 1.37. The van der Waals surface area contributed by atoms with Gasteiger partial charge in [-0.2, -0.15) is 0 Å². The fraction of sp³-hybridized carbons (Fsp3) is 0.364. The van der Waals surface area contributed by atoms with Gasteiger partial charge in [0, 0.05) is 23.9 Å². The van der Waals surface area contributed by atoms with E-state index in [1.54, 1.807) is 0 Å². The second kappa shape index (κ2) is 3.10. The van der Waals surface area contributed by atoms with Crippen molar-refractivity contribution in [1.82, 2.24) is 4.57 Å². The standard InChI is InChI=1S/C11H11NO/c1-2-6-12-7-5-10(8-12)11(13)9-3-4-9/h1,5,7-9H,3-4,6H2. The zero-order valence-corrected chi connectivity index (χ0v) is 7.36. The molecule has 0 atom stereocenters. The molecule has 1 aliphatic rings. The number of Topliss-reactive ketones (excluding diaryl/α,β-unsaturated/α-hetero) is 1. The van der Waals surface area contributed by atoms with E-state index in [-0.39, 0.29) is 5.78 Å². The minimum absolute atomic E-state index is 0.274. The largest absolute Gasteiger partial charge is 0.342 e. The lowest BCUT2D eigenvalue weighted by atomic mass is 10.1. The van der Waals surface area contributed by atoms with E-state index in [1.807, 2.05) is 23.0 Å². The normalized spacial score (nSPS) is 15.3. The summed E-state index contributed by atoms with van der Waals surface area (Å²) in [7, 11) is 0. The highest BCUT2D eigenvalue weighted by Gasteiger charge is 2.30. The second-order valence-electron chi connectivity index (χ2n) is 3.42. The molecule has 66 valence electrons. The Labute approximate surface area is 77.6 Å². The SMILES string of the molecule is C#CCn1ccc(C(=O)C2CC2)c1. The van der Waals surface area contributed by atoms with Gasteiger partial charge in [0.05, 0.1) is 6.54 Å². The predicted octanol–water partition coefficient (Wildman–Crippen LogP) is 1.71. The summed E-state index contributed by atoms with van der Waals surface area (Å²) in [5.41, 5.74) is 0.803. The van der Waals surface area contributed by atoms with Crippen LogP contribution in [0.2, 0.25) is 0 Å². The van der Waals surface area contributed by atoms with Crippen molar-refractivity contribution in [2.24, 2.45) is 5.92 Å². The number of hydrogen-bond acceptors (Lipinski definition) is 1. The molecule has 0 N–H and O–H groups in total. The number of aromatic nitrogens is 1. The molecule has 1 fully saturated rings. The molecule has 0 bridgehead atoms. The van der Waals surface area contributed by atoms with Crippen LogP contribution in [0.15, 0.2) is 18.5 Å². The third-order valence-electron chi connectivity index (χ3n) is 2.26. The highest BCUT2D eigenvalue weighted by atomic mass is 16.1. The van der Waals surface area contributed by atoms with Crippen LogP contribution < -0.4 is 0 Å². The Morgan fingerprint density at radius 3 is 3.08 bits per heavy atom. The molecule has 0 unspecified atom stereocenters. The molecule has 0 aliphatic heterocycles. The van der Waals surface area contributed by atoms with E-state index in [0.717, 1.165) is 18.4 Å². The summed E-state index contributed by atoms with van der Waals surface area (Å²) in [6, 6.07) is 1.85. The van der Waals surface area contributed by atoms with E-state index in [4.69, 9.17) is 6.42 Å². The maximum atomic E-state index is 11.6.